The molecule has 0 aliphatic rings. The summed E-state index contributed by atoms with van der Waals surface area (Å²) in [5, 5.41) is 16.5. The lowest BCUT2D eigenvalue weighted by Gasteiger charge is -2.25. The maximum atomic E-state index is 12.6. The number of hydrogen-bond donors (Lipinski definition) is 4. The summed E-state index contributed by atoms with van der Waals surface area (Å²) in [6, 6.07) is -1.05. The molecule has 0 rings (SSSR count). The molecule has 0 aliphatic carbocycles. The molecule has 1 atom stereocenters. The molecule has 0 fully saturated rings. The van der Waals surface area contributed by atoms with Crippen LogP contribution < -0.4 is 16.0 Å². The zero-order valence-corrected chi connectivity index (χ0v) is 20.8. The van der Waals surface area contributed by atoms with Crippen molar-refractivity contribution in [2.75, 3.05) is 66.4 Å². The number of carbonyl (C=O) groups excluding carboxylic acids is 3. The molecule has 0 saturated carbocycles. The van der Waals surface area contributed by atoms with E-state index in [2.05, 4.69) is 16.0 Å². The molecule has 0 saturated heterocycles. The Balaban J connectivity index is 4.52. The van der Waals surface area contributed by atoms with Gasteiger partial charge in [-0.3, -0.25) is 19.2 Å². The highest BCUT2D eigenvalue weighted by atomic mass is 16.5. The van der Waals surface area contributed by atoms with Gasteiger partial charge < -0.3 is 40.0 Å². The zero-order chi connectivity index (χ0) is 25.8. The Bertz CT molecular complexity index is 614. The minimum atomic E-state index is -1.05. The van der Waals surface area contributed by atoms with E-state index >= 15 is 0 Å². The number of ether oxygens (including phenoxy) is 4. The number of nitrogens with one attached hydrogen (secondary N) is 3. The quantitative estimate of drug-likeness (QED) is 0.158. The summed E-state index contributed by atoms with van der Waals surface area (Å²) in [4.78, 5) is 47.9. The van der Waals surface area contributed by atoms with Crippen LogP contribution in [0.4, 0.5) is 0 Å². The number of rotatable bonds is 21. The third-order valence-corrected chi connectivity index (χ3v) is 4.89. The Kier molecular flexibility index (Phi) is 17.8. The van der Waals surface area contributed by atoms with Crippen molar-refractivity contribution in [3.05, 3.63) is 0 Å². The topological polar surface area (TPSA) is 162 Å². The van der Waals surface area contributed by atoms with Crippen molar-refractivity contribution >= 4 is 23.7 Å². The first-order valence-corrected chi connectivity index (χ1v) is 11.4. The van der Waals surface area contributed by atoms with Crippen LogP contribution in [0.15, 0.2) is 0 Å². The van der Waals surface area contributed by atoms with Crippen molar-refractivity contribution in [1.82, 2.24) is 16.0 Å². The third kappa shape index (κ3) is 16.4. The number of carbonyl (C=O) groups is 4. The Hall–Kier alpha value is -2.28. The summed E-state index contributed by atoms with van der Waals surface area (Å²) in [7, 11) is 1.59. The molecule has 0 aromatic carbocycles. The average Bonchev–Trinajstić information content (AvgIpc) is 2.79. The van der Waals surface area contributed by atoms with Crippen LogP contribution in [0.3, 0.4) is 0 Å². The fraction of sp³-hybridized carbons (Fsp3) is 0.818. The lowest BCUT2D eigenvalue weighted by molar-refractivity contribution is -0.138. The number of amides is 3. The molecule has 4 N–H and O–H groups in total. The molecule has 0 aromatic heterocycles. The minimum absolute atomic E-state index is 0.0414. The van der Waals surface area contributed by atoms with E-state index < -0.39 is 29.2 Å². The van der Waals surface area contributed by atoms with E-state index in [9.17, 15) is 19.2 Å². The van der Waals surface area contributed by atoms with Gasteiger partial charge in [0.05, 0.1) is 59.1 Å². The molecule has 0 aromatic rings. The predicted molar refractivity (Wildman–Crippen MR) is 123 cm³/mol. The molecule has 198 valence electrons. The van der Waals surface area contributed by atoms with Crippen molar-refractivity contribution < 1.29 is 43.2 Å². The summed E-state index contributed by atoms with van der Waals surface area (Å²) in [5.41, 5.74) is -0.696. The van der Waals surface area contributed by atoms with Crippen molar-refractivity contribution in [3.8, 4) is 0 Å². The fourth-order valence-electron chi connectivity index (χ4n) is 2.34. The van der Waals surface area contributed by atoms with Gasteiger partial charge in [0.1, 0.15) is 6.04 Å². The molecule has 0 radical (unpaired) electrons. The van der Waals surface area contributed by atoms with Gasteiger partial charge in [0.15, 0.2) is 0 Å². The second-order valence-electron chi connectivity index (χ2n) is 8.08. The molecule has 1 unspecified atom stereocenters. The zero-order valence-electron chi connectivity index (χ0n) is 20.8. The van der Waals surface area contributed by atoms with Gasteiger partial charge >= 0.3 is 5.97 Å². The summed E-state index contributed by atoms with van der Waals surface area (Å²) >= 11 is 0. The fourth-order valence-corrected chi connectivity index (χ4v) is 2.34. The van der Waals surface area contributed by atoms with Gasteiger partial charge in [0.25, 0.3) is 0 Å². The van der Waals surface area contributed by atoms with E-state index in [-0.39, 0.29) is 51.7 Å². The molecule has 3 amide bonds. The number of carboxylic acid groups (broad SMARTS) is 1. The molecule has 12 nitrogen and oxygen atoms in total. The van der Waals surface area contributed by atoms with E-state index in [1.165, 1.54) is 0 Å². The smallest absolute Gasteiger partial charge is 0.305 e. The maximum Gasteiger partial charge on any atom is 0.305 e. The highest BCUT2D eigenvalue weighted by Gasteiger charge is 2.31. The summed E-state index contributed by atoms with van der Waals surface area (Å²) in [6.07, 6.45) is 0.189. The van der Waals surface area contributed by atoms with E-state index in [0.717, 1.165) is 0 Å². The molecule has 0 bridgehead atoms. The van der Waals surface area contributed by atoms with Gasteiger partial charge in [-0.15, -0.1) is 0 Å². The van der Waals surface area contributed by atoms with Gasteiger partial charge in [-0.1, -0.05) is 20.8 Å². The molecule has 0 spiro atoms. The predicted octanol–water partition coefficient (Wildman–Crippen LogP) is -0.299. The largest absolute Gasteiger partial charge is 0.481 e. The van der Waals surface area contributed by atoms with E-state index in [1.807, 2.05) is 6.92 Å². The van der Waals surface area contributed by atoms with Gasteiger partial charge in [-0.05, 0) is 6.42 Å². The Morgan fingerprint density at radius 3 is 2.00 bits per heavy atom. The van der Waals surface area contributed by atoms with E-state index in [4.69, 9.17) is 24.1 Å². The second kappa shape index (κ2) is 19.1. The lowest BCUT2D eigenvalue weighted by atomic mass is 9.89. The van der Waals surface area contributed by atoms with Crippen LogP contribution in [-0.2, 0) is 38.1 Å². The summed E-state index contributed by atoms with van der Waals surface area (Å²) in [6.45, 7) is 7.92. The van der Waals surface area contributed by atoms with Crippen LogP contribution in [0.5, 0.6) is 0 Å². The van der Waals surface area contributed by atoms with Crippen molar-refractivity contribution in [1.29, 1.82) is 0 Å². The van der Waals surface area contributed by atoms with Crippen molar-refractivity contribution in [3.63, 3.8) is 0 Å². The van der Waals surface area contributed by atoms with Gasteiger partial charge in [-0.2, -0.15) is 0 Å². The first kappa shape index (κ1) is 31.7. The second-order valence-corrected chi connectivity index (χ2v) is 8.08. The third-order valence-electron chi connectivity index (χ3n) is 4.89. The average molecular weight is 492 g/mol. The molecular weight excluding hydrogens is 450 g/mol. The van der Waals surface area contributed by atoms with Crippen molar-refractivity contribution in [2.45, 2.75) is 46.1 Å². The van der Waals surface area contributed by atoms with E-state index in [1.54, 1.807) is 21.0 Å². The Morgan fingerprint density at radius 2 is 1.41 bits per heavy atom. The number of aliphatic carboxylic acids is 1. The molecule has 34 heavy (non-hydrogen) atoms. The molecule has 0 heterocycles. The first-order chi connectivity index (χ1) is 16.1. The van der Waals surface area contributed by atoms with Crippen molar-refractivity contribution in [2.24, 2.45) is 5.41 Å². The molecule has 12 heteroatoms. The van der Waals surface area contributed by atoms with Crippen LogP contribution in [0.2, 0.25) is 0 Å². The van der Waals surface area contributed by atoms with Gasteiger partial charge in [-0.25, -0.2) is 0 Å². The van der Waals surface area contributed by atoms with Crippen LogP contribution in [0.25, 0.3) is 0 Å². The number of carboxylic acids is 1. The van der Waals surface area contributed by atoms with E-state index in [0.29, 0.717) is 32.8 Å². The summed E-state index contributed by atoms with van der Waals surface area (Å²) in [5.74, 6) is -2.23. The van der Waals surface area contributed by atoms with Crippen LogP contribution in [0, 0.1) is 5.41 Å². The standard InChI is InChI=1S/C22H41N3O9/c1-5-22(2,3)21(30)25-17(16-18(26)23-7-10-32-9-6-19(27)28)20(29)24-8-11-33-14-15-34-13-12-31-4/h17H,5-16H2,1-4H3,(H,23,26)(H,24,29)(H,25,30)(H,27,28). The van der Waals surface area contributed by atoms with Gasteiger partial charge in [0, 0.05) is 25.6 Å². The number of methoxy groups -OCH3 is 1. The highest BCUT2D eigenvalue weighted by Crippen LogP contribution is 2.19. The van der Waals surface area contributed by atoms with Gasteiger partial charge in [0.2, 0.25) is 17.7 Å². The van der Waals surface area contributed by atoms with Crippen LogP contribution in [-0.4, -0.2) is 101 Å². The monoisotopic (exact) mass is 491 g/mol. The maximum absolute atomic E-state index is 12.6. The van der Waals surface area contributed by atoms with Crippen LogP contribution in [0.1, 0.15) is 40.0 Å². The molecule has 0 aliphatic heterocycles. The Morgan fingerprint density at radius 1 is 0.853 bits per heavy atom. The highest BCUT2D eigenvalue weighted by molar-refractivity contribution is 5.93. The lowest BCUT2D eigenvalue weighted by Crippen LogP contribution is -2.52. The first-order valence-electron chi connectivity index (χ1n) is 11.4. The molecular formula is C22H41N3O9. The SMILES string of the molecule is CCC(C)(C)C(=O)NC(CC(=O)NCCOCCC(=O)O)C(=O)NCCOCCOCCOC. The Labute approximate surface area is 201 Å². The minimum Gasteiger partial charge on any atom is -0.481 e. The van der Waals surface area contributed by atoms with Crippen LogP contribution >= 0.6 is 0 Å². The number of hydrogen-bond acceptors (Lipinski definition) is 8. The summed E-state index contributed by atoms with van der Waals surface area (Å²) < 4.78 is 20.6. The normalized spacial score (nSPS) is 12.1.